The quantitative estimate of drug-likeness (QED) is 0.648. The van der Waals surface area contributed by atoms with Gasteiger partial charge in [0.2, 0.25) is 0 Å². The number of nitrogens with zero attached hydrogens (tertiary/aromatic N) is 2. The third kappa shape index (κ3) is 2.64. The smallest absolute Gasteiger partial charge is 0.0662 e. The Labute approximate surface area is 72.3 Å². The Kier molecular flexibility index (Phi) is 3.76. The van der Waals surface area contributed by atoms with Crippen molar-refractivity contribution in [3.05, 3.63) is 18.0 Å². The number of hydrogen-bond donors (Lipinski definition) is 1. The average Bonchev–Trinajstić information content (AvgIpc) is 2.53. The summed E-state index contributed by atoms with van der Waals surface area (Å²) in [4.78, 5) is 0. The van der Waals surface area contributed by atoms with Crippen molar-refractivity contribution in [3.8, 4) is 0 Å². The molecule has 0 bridgehead atoms. The van der Waals surface area contributed by atoms with Crippen LogP contribution in [0, 0.1) is 0 Å². The fourth-order valence-corrected chi connectivity index (χ4v) is 0.937. The summed E-state index contributed by atoms with van der Waals surface area (Å²) in [5, 5.41) is 4.12. The number of ether oxygens (including phenoxy) is 1. The van der Waals surface area contributed by atoms with E-state index in [1.54, 1.807) is 6.20 Å². The molecule has 1 aromatic heterocycles. The standard InChI is InChI=1S/C8H15N3O/c1-2-12-4-3-11-7-8(5-9)6-10-11/h6-7H,2-5,9H2,1H3. The van der Waals surface area contributed by atoms with Gasteiger partial charge in [-0.05, 0) is 6.92 Å². The van der Waals surface area contributed by atoms with Gasteiger partial charge in [0.25, 0.3) is 0 Å². The molecule has 1 aromatic rings. The first-order chi connectivity index (χ1) is 5.86. The van der Waals surface area contributed by atoms with E-state index in [1.807, 2.05) is 17.8 Å². The van der Waals surface area contributed by atoms with Gasteiger partial charge in [-0.2, -0.15) is 5.10 Å². The molecule has 0 saturated heterocycles. The van der Waals surface area contributed by atoms with Crippen LogP contribution in [0.1, 0.15) is 12.5 Å². The van der Waals surface area contributed by atoms with Gasteiger partial charge in [0.05, 0.1) is 19.3 Å². The summed E-state index contributed by atoms with van der Waals surface area (Å²) >= 11 is 0. The van der Waals surface area contributed by atoms with E-state index in [-0.39, 0.29) is 0 Å². The van der Waals surface area contributed by atoms with E-state index in [0.717, 1.165) is 18.7 Å². The van der Waals surface area contributed by atoms with Gasteiger partial charge in [-0.15, -0.1) is 0 Å². The van der Waals surface area contributed by atoms with Gasteiger partial charge in [-0.1, -0.05) is 0 Å². The molecule has 1 rings (SSSR count). The molecule has 4 heteroatoms. The van der Waals surface area contributed by atoms with Crippen LogP contribution in [0.25, 0.3) is 0 Å². The summed E-state index contributed by atoms with van der Waals surface area (Å²) in [6, 6.07) is 0. The van der Waals surface area contributed by atoms with Crippen molar-refractivity contribution in [2.75, 3.05) is 13.2 Å². The number of nitrogens with two attached hydrogens (primary N) is 1. The van der Waals surface area contributed by atoms with Gasteiger partial charge in [-0.25, -0.2) is 0 Å². The normalized spacial score (nSPS) is 10.5. The highest BCUT2D eigenvalue weighted by Gasteiger charge is 1.94. The molecule has 0 radical (unpaired) electrons. The largest absolute Gasteiger partial charge is 0.380 e. The van der Waals surface area contributed by atoms with Crippen LogP contribution >= 0.6 is 0 Å². The first-order valence-electron chi connectivity index (χ1n) is 4.16. The maximum absolute atomic E-state index is 5.43. The molecule has 0 amide bonds. The molecule has 0 aliphatic rings. The van der Waals surface area contributed by atoms with Gasteiger partial charge < -0.3 is 10.5 Å². The second kappa shape index (κ2) is 4.90. The Balaban J connectivity index is 2.31. The molecular weight excluding hydrogens is 154 g/mol. The van der Waals surface area contributed by atoms with Crippen LogP contribution in [0.2, 0.25) is 0 Å². The van der Waals surface area contributed by atoms with E-state index >= 15 is 0 Å². The summed E-state index contributed by atoms with van der Waals surface area (Å²) in [5.41, 5.74) is 6.49. The lowest BCUT2D eigenvalue weighted by Gasteiger charge is -2.00. The maximum Gasteiger partial charge on any atom is 0.0662 e. The maximum atomic E-state index is 5.43. The van der Waals surface area contributed by atoms with Gasteiger partial charge in [0.15, 0.2) is 0 Å². The Morgan fingerprint density at radius 1 is 1.67 bits per heavy atom. The van der Waals surface area contributed by atoms with Gasteiger partial charge in [0.1, 0.15) is 0 Å². The van der Waals surface area contributed by atoms with Crippen LogP contribution in [0.15, 0.2) is 12.4 Å². The monoisotopic (exact) mass is 169 g/mol. The summed E-state index contributed by atoms with van der Waals surface area (Å²) in [6.45, 7) is 4.80. The minimum Gasteiger partial charge on any atom is -0.380 e. The first-order valence-corrected chi connectivity index (χ1v) is 4.16. The third-order valence-corrected chi connectivity index (χ3v) is 1.59. The summed E-state index contributed by atoms with van der Waals surface area (Å²) in [5.74, 6) is 0. The van der Waals surface area contributed by atoms with E-state index in [4.69, 9.17) is 10.5 Å². The van der Waals surface area contributed by atoms with Crippen molar-refractivity contribution in [2.24, 2.45) is 5.73 Å². The van der Waals surface area contributed by atoms with Gasteiger partial charge in [-0.3, -0.25) is 4.68 Å². The lowest BCUT2D eigenvalue weighted by molar-refractivity contribution is 0.136. The Morgan fingerprint density at radius 2 is 2.50 bits per heavy atom. The predicted octanol–water partition coefficient (Wildman–Crippen LogP) is 0.378. The zero-order chi connectivity index (χ0) is 8.81. The van der Waals surface area contributed by atoms with Crippen molar-refractivity contribution >= 4 is 0 Å². The van der Waals surface area contributed by atoms with Crippen LogP contribution in [-0.2, 0) is 17.8 Å². The molecule has 1 heterocycles. The van der Waals surface area contributed by atoms with Crippen molar-refractivity contribution in [1.82, 2.24) is 9.78 Å². The second-order valence-electron chi connectivity index (χ2n) is 2.51. The molecule has 0 unspecified atom stereocenters. The van der Waals surface area contributed by atoms with Crippen molar-refractivity contribution in [3.63, 3.8) is 0 Å². The number of rotatable bonds is 5. The van der Waals surface area contributed by atoms with Crippen molar-refractivity contribution in [2.45, 2.75) is 20.0 Å². The SMILES string of the molecule is CCOCCn1cc(CN)cn1. The molecule has 0 aliphatic carbocycles. The van der Waals surface area contributed by atoms with Crippen LogP contribution in [0.3, 0.4) is 0 Å². The van der Waals surface area contributed by atoms with Crippen LogP contribution in [-0.4, -0.2) is 23.0 Å². The molecule has 0 fully saturated rings. The lowest BCUT2D eigenvalue weighted by atomic mass is 10.4. The zero-order valence-corrected chi connectivity index (χ0v) is 7.36. The molecule has 0 aliphatic heterocycles. The minimum atomic E-state index is 0.550. The van der Waals surface area contributed by atoms with E-state index in [9.17, 15) is 0 Å². The fraction of sp³-hybridized carbons (Fsp3) is 0.625. The summed E-state index contributed by atoms with van der Waals surface area (Å²) < 4.78 is 7.03. The molecule has 4 nitrogen and oxygen atoms in total. The Bertz CT molecular complexity index is 222. The van der Waals surface area contributed by atoms with Crippen LogP contribution < -0.4 is 5.73 Å². The topological polar surface area (TPSA) is 53.1 Å². The molecular formula is C8H15N3O. The van der Waals surface area contributed by atoms with E-state index in [0.29, 0.717) is 13.2 Å². The van der Waals surface area contributed by atoms with Crippen LogP contribution in [0.4, 0.5) is 0 Å². The molecule has 12 heavy (non-hydrogen) atoms. The highest BCUT2D eigenvalue weighted by atomic mass is 16.5. The third-order valence-electron chi connectivity index (χ3n) is 1.59. The molecule has 0 aromatic carbocycles. The lowest BCUT2D eigenvalue weighted by Crippen LogP contribution is -2.06. The van der Waals surface area contributed by atoms with E-state index < -0.39 is 0 Å². The first kappa shape index (κ1) is 9.22. The zero-order valence-electron chi connectivity index (χ0n) is 7.36. The second-order valence-corrected chi connectivity index (χ2v) is 2.51. The minimum absolute atomic E-state index is 0.550. The van der Waals surface area contributed by atoms with Crippen molar-refractivity contribution in [1.29, 1.82) is 0 Å². The predicted molar refractivity (Wildman–Crippen MR) is 46.6 cm³/mol. The molecule has 0 spiro atoms. The molecule has 0 saturated carbocycles. The summed E-state index contributed by atoms with van der Waals surface area (Å²) in [6.07, 6.45) is 3.73. The highest BCUT2D eigenvalue weighted by molar-refractivity contribution is 5.02. The van der Waals surface area contributed by atoms with E-state index in [1.165, 1.54) is 0 Å². The molecule has 2 N–H and O–H groups in total. The Morgan fingerprint density at radius 3 is 3.08 bits per heavy atom. The van der Waals surface area contributed by atoms with Gasteiger partial charge in [0, 0.05) is 24.9 Å². The molecule has 0 atom stereocenters. The average molecular weight is 169 g/mol. The summed E-state index contributed by atoms with van der Waals surface area (Å²) in [7, 11) is 0. The highest BCUT2D eigenvalue weighted by Crippen LogP contribution is 1.95. The van der Waals surface area contributed by atoms with Gasteiger partial charge >= 0.3 is 0 Å². The number of hydrogen-bond acceptors (Lipinski definition) is 3. The van der Waals surface area contributed by atoms with E-state index in [2.05, 4.69) is 5.10 Å². The number of aromatic nitrogens is 2. The Hall–Kier alpha value is -0.870. The fourth-order valence-electron chi connectivity index (χ4n) is 0.937. The van der Waals surface area contributed by atoms with Crippen molar-refractivity contribution < 1.29 is 4.74 Å². The molecule has 68 valence electrons. The van der Waals surface area contributed by atoms with Crippen LogP contribution in [0.5, 0.6) is 0 Å².